The van der Waals surface area contributed by atoms with Crippen LogP contribution < -0.4 is 5.32 Å². The molecule has 5 heteroatoms. The quantitative estimate of drug-likeness (QED) is 0.786. The van der Waals surface area contributed by atoms with E-state index in [1.54, 1.807) is 11.3 Å². The molecule has 112 valence electrons. The number of thioether (sulfide) groups is 1. The average molecular weight is 321 g/mol. The molecule has 0 bridgehead atoms. The predicted molar refractivity (Wildman–Crippen MR) is 89.8 cm³/mol. The molecular weight excluding hydrogens is 302 g/mol. The van der Waals surface area contributed by atoms with E-state index in [-0.39, 0.29) is 5.91 Å². The van der Waals surface area contributed by atoms with Gasteiger partial charge in [-0.3, -0.25) is 4.79 Å². The molecule has 2 aromatic rings. The summed E-state index contributed by atoms with van der Waals surface area (Å²) in [6.07, 6.45) is 0.357. The van der Waals surface area contributed by atoms with E-state index < -0.39 is 6.10 Å². The highest BCUT2D eigenvalue weighted by Gasteiger charge is 2.08. The van der Waals surface area contributed by atoms with Crippen molar-refractivity contribution in [2.24, 2.45) is 0 Å². The van der Waals surface area contributed by atoms with Crippen LogP contribution >= 0.6 is 23.1 Å². The van der Waals surface area contributed by atoms with Gasteiger partial charge in [-0.2, -0.15) is 0 Å². The highest BCUT2D eigenvalue weighted by Crippen LogP contribution is 2.17. The predicted octanol–water partition coefficient (Wildman–Crippen LogP) is 2.87. The molecule has 1 amide bonds. The first kappa shape index (κ1) is 16.1. The molecule has 0 radical (unpaired) electrons. The first-order valence-electron chi connectivity index (χ1n) is 6.85. The minimum absolute atomic E-state index is 0.0248. The van der Waals surface area contributed by atoms with E-state index in [4.69, 9.17) is 0 Å². The van der Waals surface area contributed by atoms with E-state index in [1.165, 1.54) is 16.6 Å². The fourth-order valence-electron chi connectivity index (χ4n) is 1.87. The Kier molecular flexibility index (Phi) is 6.79. The van der Waals surface area contributed by atoms with Crippen LogP contribution in [0, 0.1) is 0 Å². The van der Waals surface area contributed by atoms with Crippen molar-refractivity contribution in [1.82, 2.24) is 5.32 Å². The van der Waals surface area contributed by atoms with Crippen LogP contribution in [0.1, 0.15) is 16.5 Å². The number of carbonyl (C=O) groups excluding carboxylic acids is 1. The van der Waals surface area contributed by atoms with E-state index in [1.807, 2.05) is 41.8 Å². The number of aliphatic hydroxyl groups excluding tert-OH is 1. The van der Waals surface area contributed by atoms with Gasteiger partial charge in [-0.1, -0.05) is 36.4 Å². The third kappa shape index (κ3) is 5.91. The van der Waals surface area contributed by atoms with Crippen molar-refractivity contribution in [3.63, 3.8) is 0 Å². The number of hydrogen-bond donors (Lipinski definition) is 2. The number of carbonyl (C=O) groups is 1. The van der Waals surface area contributed by atoms with Crippen molar-refractivity contribution in [1.29, 1.82) is 0 Å². The summed E-state index contributed by atoms with van der Waals surface area (Å²) in [7, 11) is 0. The lowest BCUT2D eigenvalue weighted by Crippen LogP contribution is -2.27. The van der Waals surface area contributed by atoms with Gasteiger partial charge >= 0.3 is 0 Å². The Bertz CT molecular complexity index is 528. The lowest BCUT2D eigenvalue weighted by Gasteiger charge is -2.10. The van der Waals surface area contributed by atoms with Gasteiger partial charge in [0.2, 0.25) is 5.91 Å². The monoisotopic (exact) mass is 321 g/mol. The van der Waals surface area contributed by atoms with Gasteiger partial charge in [-0.05, 0) is 23.4 Å². The van der Waals surface area contributed by atoms with Crippen molar-refractivity contribution in [2.75, 3.05) is 18.1 Å². The number of nitrogens with one attached hydrogen (secondary N) is 1. The van der Waals surface area contributed by atoms with Gasteiger partial charge in [-0.15, -0.1) is 23.1 Å². The minimum atomic E-state index is -0.518. The molecule has 0 aliphatic carbocycles. The molecule has 0 saturated carbocycles. The second-order valence-corrected chi connectivity index (χ2v) is 6.68. The molecule has 0 fully saturated rings. The molecule has 1 aromatic heterocycles. The van der Waals surface area contributed by atoms with E-state index >= 15 is 0 Å². The first-order chi connectivity index (χ1) is 10.3. The zero-order valence-corrected chi connectivity index (χ0v) is 13.3. The van der Waals surface area contributed by atoms with Gasteiger partial charge < -0.3 is 10.4 Å². The Hall–Kier alpha value is -1.30. The molecule has 1 atom stereocenters. The molecule has 2 N–H and O–H groups in total. The Morgan fingerprint density at radius 2 is 2.05 bits per heavy atom. The number of amides is 1. The highest BCUT2D eigenvalue weighted by molar-refractivity contribution is 7.99. The maximum Gasteiger partial charge on any atom is 0.230 e. The topological polar surface area (TPSA) is 49.3 Å². The third-order valence-corrected chi connectivity index (χ3v) is 4.92. The summed E-state index contributed by atoms with van der Waals surface area (Å²) in [5.74, 6) is 0.938. The first-order valence-corrected chi connectivity index (χ1v) is 8.89. The summed E-state index contributed by atoms with van der Waals surface area (Å²) < 4.78 is 0. The lowest BCUT2D eigenvalue weighted by atomic mass is 10.1. The van der Waals surface area contributed by atoms with Gasteiger partial charge in [0.25, 0.3) is 0 Å². The van der Waals surface area contributed by atoms with Gasteiger partial charge in [0.15, 0.2) is 0 Å². The van der Waals surface area contributed by atoms with Crippen molar-refractivity contribution in [3.8, 4) is 0 Å². The molecule has 2 rings (SSSR count). The van der Waals surface area contributed by atoms with Crippen LogP contribution in [0.25, 0.3) is 0 Å². The van der Waals surface area contributed by atoms with Crippen molar-refractivity contribution in [3.05, 3.63) is 58.3 Å². The van der Waals surface area contributed by atoms with Crippen LogP contribution in [-0.2, 0) is 11.2 Å². The zero-order valence-electron chi connectivity index (χ0n) is 11.7. The minimum Gasteiger partial charge on any atom is -0.388 e. The summed E-state index contributed by atoms with van der Waals surface area (Å²) in [5.41, 5.74) is 0.892. The van der Waals surface area contributed by atoms with Gasteiger partial charge in [-0.25, -0.2) is 0 Å². The average Bonchev–Trinajstić information content (AvgIpc) is 3.01. The van der Waals surface area contributed by atoms with Crippen molar-refractivity contribution < 1.29 is 9.90 Å². The molecule has 0 spiro atoms. The molecule has 0 saturated heterocycles. The van der Waals surface area contributed by atoms with Crippen LogP contribution in [0.2, 0.25) is 0 Å². The van der Waals surface area contributed by atoms with Gasteiger partial charge in [0.1, 0.15) is 0 Å². The normalized spacial score (nSPS) is 12.0. The molecule has 0 unspecified atom stereocenters. The summed E-state index contributed by atoms with van der Waals surface area (Å²) >= 11 is 3.16. The summed E-state index contributed by atoms with van der Waals surface area (Å²) in [6, 6.07) is 13.6. The summed E-state index contributed by atoms with van der Waals surface area (Å²) in [4.78, 5) is 13.0. The van der Waals surface area contributed by atoms with Crippen LogP contribution in [0.5, 0.6) is 0 Å². The summed E-state index contributed by atoms with van der Waals surface area (Å²) in [5, 5.41) is 14.9. The highest BCUT2D eigenvalue weighted by atomic mass is 32.2. The molecule has 0 aliphatic heterocycles. The van der Waals surface area contributed by atoms with Crippen molar-refractivity contribution in [2.45, 2.75) is 12.5 Å². The Morgan fingerprint density at radius 3 is 2.76 bits per heavy atom. The molecule has 3 nitrogen and oxygen atoms in total. The Balaban J connectivity index is 1.58. The van der Waals surface area contributed by atoms with Crippen LogP contribution in [0.15, 0.2) is 47.8 Å². The Morgan fingerprint density at radius 1 is 1.24 bits per heavy atom. The molecule has 21 heavy (non-hydrogen) atoms. The second kappa shape index (κ2) is 8.87. The SMILES string of the molecule is O=C(CSC[C@@H](O)c1ccccc1)NCCc1cccs1. The van der Waals surface area contributed by atoms with Crippen LogP contribution in [0.3, 0.4) is 0 Å². The second-order valence-electron chi connectivity index (χ2n) is 4.62. The fourth-order valence-corrected chi connectivity index (χ4v) is 3.40. The van der Waals surface area contributed by atoms with E-state index in [0.717, 1.165) is 12.0 Å². The van der Waals surface area contributed by atoms with Gasteiger partial charge in [0, 0.05) is 17.2 Å². The third-order valence-electron chi connectivity index (χ3n) is 2.97. The summed E-state index contributed by atoms with van der Waals surface area (Å²) in [6.45, 7) is 0.668. The largest absolute Gasteiger partial charge is 0.388 e. The van der Waals surface area contributed by atoms with Crippen LogP contribution in [0.4, 0.5) is 0 Å². The number of benzene rings is 1. The number of thiophene rings is 1. The van der Waals surface area contributed by atoms with Crippen LogP contribution in [-0.4, -0.2) is 29.1 Å². The zero-order chi connectivity index (χ0) is 14.9. The van der Waals surface area contributed by atoms with E-state index in [9.17, 15) is 9.90 Å². The number of rotatable bonds is 8. The molecular formula is C16H19NO2S2. The number of hydrogen-bond acceptors (Lipinski definition) is 4. The van der Waals surface area contributed by atoms with E-state index in [0.29, 0.717) is 18.1 Å². The Labute approximate surface area is 133 Å². The molecule has 1 aromatic carbocycles. The smallest absolute Gasteiger partial charge is 0.230 e. The molecule has 1 heterocycles. The lowest BCUT2D eigenvalue weighted by molar-refractivity contribution is -0.118. The van der Waals surface area contributed by atoms with Crippen molar-refractivity contribution >= 4 is 29.0 Å². The van der Waals surface area contributed by atoms with Gasteiger partial charge in [0.05, 0.1) is 11.9 Å². The maximum absolute atomic E-state index is 11.7. The fraction of sp³-hybridized carbons (Fsp3) is 0.312. The molecule has 0 aliphatic rings. The standard InChI is InChI=1S/C16H19NO2S2/c18-15(13-5-2-1-3-6-13)11-20-12-16(19)17-9-8-14-7-4-10-21-14/h1-7,10,15,18H,8-9,11-12H2,(H,17,19)/t15-/m1/s1. The van der Waals surface area contributed by atoms with E-state index in [2.05, 4.69) is 11.4 Å². The number of aliphatic hydroxyl groups is 1. The maximum atomic E-state index is 11.7.